The summed E-state index contributed by atoms with van der Waals surface area (Å²) >= 11 is 0. The minimum atomic E-state index is 0. The van der Waals surface area contributed by atoms with Crippen molar-refractivity contribution in [3.05, 3.63) is 241 Å². The fourth-order valence-corrected chi connectivity index (χ4v) is 8.63. The van der Waals surface area contributed by atoms with Gasteiger partial charge in [0.15, 0.2) is 0 Å². The van der Waals surface area contributed by atoms with E-state index in [0.717, 1.165) is 104 Å². The van der Waals surface area contributed by atoms with Gasteiger partial charge in [-0.3, -0.25) is 0 Å². The van der Waals surface area contributed by atoms with E-state index in [9.17, 15) is 0 Å². The van der Waals surface area contributed by atoms with Crippen molar-refractivity contribution in [3.8, 4) is 68.3 Å². The van der Waals surface area contributed by atoms with Crippen LogP contribution < -0.4 is 0 Å². The Labute approximate surface area is 532 Å². The fraction of sp³-hybridized carbons (Fsp3) is 0.161. The van der Waals surface area contributed by atoms with Crippen LogP contribution in [0.5, 0.6) is 0 Å². The summed E-state index contributed by atoms with van der Waals surface area (Å²) in [5.41, 5.74) is 11.0. The number of hydrogen-bond donors (Lipinski definition) is 0. The molecule has 0 spiro atoms. The summed E-state index contributed by atoms with van der Waals surface area (Å²) in [6.07, 6.45) is 12.9. The second-order valence-corrected chi connectivity index (χ2v) is 18.1. The maximum absolute atomic E-state index is 4.42. The van der Waals surface area contributed by atoms with E-state index in [1.54, 1.807) is 67.6 Å². The number of para-hydroxylation sites is 4. The van der Waals surface area contributed by atoms with E-state index in [0.29, 0.717) is 0 Å². The maximum Gasteiger partial charge on any atom is 0.131 e. The topological polar surface area (TPSA) is 174 Å². The van der Waals surface area contributed by atoms with Crippen LogP contribution in [0.25, 0.3) is 68.3 Å². The SMILES string of the molecule is CCc1nnc(-c2[c-]ccnc2)n1-c1ccccc1.Cc1cccc(C)c1-n1c(-c2[c-]ccnc2)nnc1C(C)C.Cc1ncc[c-]c1-c1nnc(C)n1-c1ccccc1.Cc1nnc(-c2[c-]ccnc2)n1-c1ccccc1.[Ir].[Ir].[Ir].[Ir]. The number of nitrogens with zero attached hydrogens (tertiary/aromatic N) is 16. The molecule has 8 aromatic heterocycles. The van der Waals surface area contributed by atoms with Gasteiger partial charge >= 0.3 is 0 Å². The van der Waals surface area contributed by atoms with Gasteiger partial charge in [-0.1, -0.05) is 166 Å². The molecule has 0 unspecified atom stereocenters. The second kappa shape index (κ2) is 31.7. The van der Waals surface area contributed by atoms with Gasteiger partial charge < -0.3 is 38.2 Å². The summed E-state index contributed by atoms with van der Waals surface area (Å²) in [5.74, 6) is 6.93. The molecule has 20 heteroatoms. The summed E-state index contributed by atoms with van der Waals surface area (Å²) in [4.78, 5) is 16.7. The first kappa shape index (κ1) is 65.4. The zero-order valence-corrected chi connectivity index (χ0v) is 55.6. The molecule has 0 atom stereocenters. The van der Waals surface area contributed by atoms with E-state index < -0.39 is 0 Å². The number of aromatic nitrogens is 16. The minimum absolute atomic E-state index is 0. The summed E-state index contributed by atoms with van der Waals surface area (Å²) in [5, 5.41) is 34.1. The summed E-state index contributed by atoms with van der Waals surface area (Å²) in [7, 11) is 0. The Bertz CT molecular complexity index is 3800. The molecule has 12 rings (SSSR count). The molecule has 0 fully saturated rings. The third-order valence-electron chi connectivity index (χ3n) is 12.3. The molecular weight excluding hydrogens is 1740 g/mol. The van der Waals surface area contributed by atoms with Gasteiger partial charge in [-0.15, -0.1) is 68.9 Å². The van der Waals surface area contributed by atoms with Crippen molar-refractivity contribution in [1.82, 2.24) is 79.0 Å². The number of hydrogen-bond acceptors (Lipinski definition) is 12. The number of benzene rings is 4. The van der Waals surface area contributed by atoms with Crippen LogP contribution in [0.1, 0.15) is 66.8 Å². The van der Waals surface area contributed by atoms with Crippen LogP contribution in [-0.2, 0) is 86.8 Å². The Hall–Kier alpha value is -7.36. The van der Waals surface area contributed by atoms with Crippen LogP contribution in [0.2, 0.25) is 0 Å². The second-order valence-electron chi connectivity index (χ2n) is 18.1. The minimum Gasteiger partial charge on any atom is -0.360 e. The zero-order chi connectivity index (χ0) is 54.4. The Morgan fingerprint density at radius 3 is 1.26 bits per heavy atom. The molecule has 4 radical (unpaired) electrons. The molecule has 0 saturated heterocycles. The van der Waals surface area contributed by atoms with Gasteiger partial charge in [-0.25, -0.2) is 0 Å². The molecule has 0 aliphatic rings. The first-order valence-electron chi connectivity index (χ1n) is 25.4. The molecule has 0 aliphatic heterocycles. The number of pyridine rings is 4. The molecule has 0 aliphatic carbocycles. The van der Waals surface area contributed by atoms with Crippen molar-refractivity contribution in [2.24, 2.45) is 0 Å². The largest absolute Gasteiger partial charge is 0.360 e. The van der Waals surface area contributed by atoms with Gasteiger partial charge in [0.25, 0.3) is 0 Å². The summed E-state index contributed by atoms with van der Waals surface area (Å²) in [6.45, 7) is 16.4. The molecule has 0 bridgehead atoms. The van der Waals surface area contributed by atoms with E-state index in [1.807, 2.05) is 125 Å². The molecule has 4 aromatic carbocycles. The molecule has 8 heterocycles. The summed E-state index contributed by atoms with van der Waals surface area (Å²) < 4.78 is 8.20. The first-order chi connectivity index (χ1) is 38.1. The predicted octanol–water partition coefficient (Wildman–Crippen LogP) is 11.7. The van der Waals surface area contributed by atoms with Crippen molar-refractivity contribution in [3.63, 3.8) is 0 Å². The first-order valence-corrected chi connectivity index (χ1v) is 25.4. The van der Waals surface area contributed by atoms with Crippen LogP contribution in [0.3, 0.4) is 0 Å². The molecule has 0 saturated carbocycles. The average Bonchev–Trinajstić information content (AvgIpc) is 4.32. The predicted molar refractivity (Wildman–Crippen MR) is 301 cm³/mol. The maximum atomic E-state index is 4.42. The molecule has 12 aromatic rings. The van der Waals surface area contributed by atoms with Crippen molar-refractivity contribution in [1.29, 1.82) is 0 Å². The van der Waals surface area contributed by atoms with Crippen LogP contribution >= 0.6 is 0 Å². The van der Waals surface area contributed by atoms with E-state index in [1.165, 1.54) is 11.1 Å². The van der Waals surface area contributed by atoms with Crippen molar-refractivity contribution < 1.29 is 80.4 Å². The Balaban J connectivity index is 0.000000198. The molecular formula is C62H56Ir4N16-4. The van der Waals surface area contributed by atoms with Gasteiger partial charge in [0.2, 0.25) is 0 Å². The van der Waals surface area contributed by atoms with Crippen molar-refractivity contribution in [2.75, 3.05) is 0 Å². The van der Waals surface area contributed by atoms with E-state index in [2.05, 4.69) is 142 Å². The van der Waals surface area contributed by atoms with Crippen LogP contribution in [-0.4, -0.2) is 79.0 Å². The third-order valence-corrected chi connectivity index (χ3v) is 12.3. The molecule has 16 nitrogen and oxygen atoms in total. The normalized spacial score (nSPS) is 10.2. The smallest absolute Gasteiger partial charge is 0.131 e. The van der Waals surface area contributed by atoms with Gasteiger partial charge in [0, 0.05) is 116 Å². The third kappa shape index (κ3) is 15.4. The van der Waals surface area contributed by atoms with E-state index in [4.69, 9.17) is 0 Å². The van der Waals surface area contributed by atoms with Crippen LogP contribution in [0.15, 0.2) is 177 Å². The summed E-state index contributed by atoms with van der Waals surface area (Å²) in [6, 6.07) is 56.3. The monoisotopic (exact) mass is 1800 g/mol. The quantitative estimate of drug-likeness (QED) is 0.119. The number of rotatable bonds is 10. The van der Waals surface area contributed by atoms with Crippen LogP contribution in [0.4, 0.5) is 0 Å². The van der Waals surface area contributed by atoms with Crippen molar-refractivity contribution in [2.45, 2.75) is 67.7 Å². The van der Waals surface area contributed by atoms with Gasteiger partial charge in [-0.2, -0.15) is 20.4 Å². The Morgan fingerprint density at radius 2 is 0.817 bits per heavy atom. The Morgan fingerprint density at radius 1 is 0.415 bits per heavy atom. The van der Waals surface area contributed by atoms with Crippen LogP contribution in [0, 0.1) is 58.9 Å². The van der Waals surface area contributed by atoms with E-state index in [-0.39, 0.29) is 86.3 Å². The van der Waals surface area contributed by atoms with Crippen molar-refractivity contribution >= 4 is 0 Å². The molecule has 82 heavy (non-hydrogen) atoms. The zero-order valence-electron chi connectivity index (χ0n) is 46.0. The van der Waals surface area contributed by atoms with Gasteiger partial charge in [-0.05, 0) is 80.9 Å². The molecule has 0 amide bonds. The number of aryl methyl sites for hydroxylation is 6. The fourth-order valence-electron chi connectivity index (χ4n) is 8.63. The molecule has 424 valence electrons. The average molecular weight is 1790 g/mol. The van der Waals surface area contributed by atoms with Gasteiger partial charge in [0.1, 0.15) is 23.3 Å². The Kier molecular flexibility index (Phi) is 25.3. The molecule has 0 N–H and O–H groups in total. The van der Waals surface area contributed by atoms with E-state index >= 15 is 0 Å². The standard InChI is InChI=1S/C18H19N4.2C15H13N4.C14H11N4.4Ir/c1-12(2)17-20-21-18(15-9-6-10-19-11-15)22(17)16-13(3)7-5-8-14(16)4;1-11-14(9-6-10-16-11)15-18-17-12(2)19(15)13-7-4-3-5-8-13;1-2-14-17-18-15(12-7-6-10-16-11-12)19(14)13-8-4-3-5-9-13;1-11-16-17-14(12-6-5-9-15-10-12)18(11)13-7-3-2-4-8-13;;;;/h5-8,10-12H,1-4H3;3-8,10H,1-2H3;3-6,8-11H,2H2,1H3;2-5,7-10H,1H3;;;;/q4*-1;;;;. The van der Waals surface area contributed by atoms with Gasteiger partial charge in [0.05, 0.1) is 23.3 Å².